The molecule has 0 aliphatic carbocycles. The summed E-state index contributed by atoms with van der Waals surface area (Å²) < 4.78 is 0. The van der Waals surface area contributed by atoms with E-state index in [0.29, 0.717) is 11.4 Å². The highest BCUT2D eigenvalue weighted by molar-refractivity contribution is 5.68. The third-order valence-electron chi connectivity index (χ3n) is 1.47. The molecule has 0 aromatic heterocycles. The maximum absolute atomic E-state index is 5.59. The van der Waals surface area contributed by atoms with Gasteiger partial charge in [-0.05, 0) is 24.6 Å². The van der Waals surface area contributed by atoms with Gasteiger partial charge in [0.05, 0.1) is 11.4 Å². The first-order valence-corrected chi connectivity index (χ1v) is 3.51. The van der Waals surface area contributed by atoms with E-state index >= 15 is 0 Å². The van der Waals surface area contributed by atoms with Gasteiger partial charge in [-0.1, -0.05) is 18.2 Å². The smallest absolute Gasteiger partial charge is 0.0553 e. The number of rotatable bonds is 1. The lowest BCUT2D eigenvalue weighted by Crippen LogP contribution is -1.93. The second kappa shape index (κ2) is 3.10. The average molecular weight is 148 g/mol. The molecular weight excluding hydrogens is 136 g/mol. The lowest BCUT2D eigenvalue weighted by atomic mass is 10.1. The van der Waals surface area contributed by atoms with Crippen LogP contribution in [0.25, 0.3) is 6.08 Å². The van der Waals surface area contributed by atoms with Gasteiger partial charge in [0, 0.05) is 0 Å². The molecule has 1 rings (SSSR count). The largest absolute Gasteiger partial charge is 0.397 e. The van der Waals surface area contributed by atoms with E-state index in [-0.39, 0.29) is 0 Å². The minimum atomic E-state index is 0.637. The summed E-state index contributed by atoms with van der Waals surface area (Å²) in [5.74, 6) is 0. The fourth-order valence-electron chi connectivity index (χ4n) is 0.889. The zero-order valence-electron chi connectivity index (χ0n) is 6.54. The van der Waals surface area contributed by atoms with E-state index in [4.69, 9.17) is 11.5 Å². The molecule has 11 heavy (non-hydrogen) atoms. The number of benzene rings is 1. The van der Waals surface area contributed by atoms with Crippen molar-refractivity contribution in [3.63, 3.8) is 0 Å². The molecule has 0 atom stereocenters. The highest BCUT2D eigenvalue weighted by Crippen LogP contribution is 2.16. The Morgan fingerprint density at radius 1 is 1.18 bits per heavy atom. The molecule has 0 saturated heterocycles. The number of hydrogen-bond donors (Lipinski definition) is 2. The van der Waals surface area contributed by atoms with Crippen molar-refractivity contribution in [3.8, 4) is 0 Å². The zero-order valence-corrected chi connectivity index (χ0v) is 6.54. The van der Waals surface area contributed by atoms with Crippen LogP contribution in [0.2, 0.25) is 0 Å². The second-order valence-electron chi connectivity index (χ2n) is 2.39. The fourth-order valence-corrected chi connectivity index (χ4v) is 0.889. The van der Waals surface area contributed by atoms with Gasteiger partial charge in [0.1, 0.15) is 0 Å². The Kier molecular flexibility index (Phi) is 2.16. The topological polar surface area (TPSA) is 52.0 Å². The van der Waals surface area contributed by atoms with Gasteiger partial charge < -0.3 is 11.5 Å². The molecule has 1 aromatic carbocycles. The van der Waals surface area contributed by atoms with E-state index in [1.807, 2.05) is 37.3 Å². The van der Waals surface area contributed by atoms with E-state index in [1.165, 1.54) is 0 Å². The SMILES string of the molecule is CC=Cc1ccc(N)c(N)c1. The van der Waals surface area contributed by atoms with Crippen molar-refractivity contribution < 1.29 is 0 Å². The van der Waals surface area contributed by atoms with Gasteiger partial charge in [0.25, 0.3) is 0 Å². The van der Waals surface area contributed by atoms with Crippen LogP contribution in [0, 0.1) is 0 Å². The van der Waals surface area contributed by atoms with Crippen molar-refractivity contribution in [1.82, 2.24) is 0 Å². The molecule has 0 aliphatic rings. The highest BCUT2D eigenvalue weighted by Gasteiger charge is 1.92. The van der Waals surface area contributed by atoms with Crippen molar-refractivity contribution in [3.05, 3.63) is 29.8 Å². The molecule has 0 saturated carbocycles. The van der Waals surface area contributed by atoms with Gasteiger partial charge >= 0.3 is 0 Å². The van der Waals surface area contributed by atoms with Crippen LogP contribution in [-0.4, -0.2) is 0 Å². The van der Waals surface area contributed by atoms with Gasteiger partial charge in [-0.25, -0.2) is 0 Å². The first-order chi connectivity index (χ1) is 5.24. The van der Waals surface area contributed by atoms with Crippen LogP contribution < -0.4 is 11.5 Å². The normalized spacial score (nSPS) is 10.6. The first-order valence-electron chi connectivity index (χ1n) is 3.51. The summed E-state index contributed by atoms with van der Waals surface area (Å²) in [6.45, 7) is 1.96. The van der Waals surface area contributed by atoms with Crippen LogP contribution in [0.1, 0.15) is 12.5 Å². The van der Waals surface area contributed by atoms with E-state index in [9.17, 15) is 0 Å². The maximum atomic E-state index is 5.59. The number of nitrogens with two attached hydrogens (primary N) is 2. The molecule has 0 fully saturated rings. The quantitative estimate of drug-likeness (QED) is 0.597. The van der Waals surface area contributed by atoms with Crippen LogP contribution in [-0.2, 0) is 0 Å². The lowest BCUT2D eigenvalue weighted by Gasteiger charge is -1.99. The molecule has 0 bridgehead atoms. The van der Waals surface area contributed by atoms with Gasteiger partial charge in [0.15, 0.2) is 0 Å². The van der Waals surface area contributed by atoms with Crippen LogP contribution in [0.15, 0.2) is 24.3 Å². The Balaban J connectivity index is 3.05. The maximum Gasteiger partial charge on any atom is 0.0553 e. The van der Waals surface area contributed by atoms with Crippen molar-refractivity contribution in [2.75, 3.05) is 11.5 Å². The van der Waals surface area contributed by atoms with Crippen molar-refractivity contribution >= 4 is 17.5 Å². The van der Waals surface area contributed by atoms with Crippen molar-refractivity contribution in [2.45, 2.75) is 6.92 Å². The lowest BCUT2D eigenvalue weighted by molar-refractivity contribution is 1.62. The number of hydrogen-bond acceptors (Lipinski definition) is 2. The van der Waals surface area contributed by atoms with Gasteiger partial charge in [-0.2, -0.15) is 0 Å². The Hall–Kier alpha value is -1.44. The minimum absolute atomic E-state index is 0.637. The molecule has 4 N–H and O–H groups in total. The zero-order chi connectivity index (χ0) is 8.27. The standard InChI is InChI=1S/C9H12N2/c1-2-3-7-4-5-8(10)9(11)6-7/h2-6H,10-11H2,1H3. The van der Waals surface area contributed by atoms with Crippen LogP contribution in [0.4, 0.5) is 11.4 Å². The Morgan fingerprint density at radius 3 is 2.45 bits per heavy atom. The van der Waals surface area contributed by atoms with E-state index < -0.39 is 0 Å². The van der Waals surface area contributed by atoms with E-state index in [1.54, 1.807) is 0 Å². The molecule has 2 heteroatoms. The molecule has 0 aliphatic heterocycles. The molecule has 0 radical (unpaired) electrons. The third-order valence-corrected chi connectivity index (χ3v) is 1.47. The van der Waals surface area contributed by atoms with Gasteiger partial charge in [0.2, 0.25) is 0 Å². The summed E-state index contributed by atoms with van der Waals surface area (Å²) in [5, 5.41) is 0. The van der Waals surface area contributed by atoms with Crippen molar-refractivity contribution in [2.24, 2.45) is 0 Å². The molecule has 1 aromatic rings. The Labute approximate surface area is 66.5 Å². The second-order valence-corrected chi connectivity index (χ2v) is 2.39. The van der Waals surface area contributed by atoms with E-state index in [2.05, 4.69) is 0 Å². The first kappa shape index (κ1) is 7.66. The summed E-state index contributed by atoms with van der Waals surface area (Å²) >= 11 is 0. The molecule has 0 amide bonds. The molecule has 0 spiro atoms. The molecular formula is C9H12N2. The number of allylic oxidation sites excluding steroid dienone is 1. The summed E-state index contributed by atoms with van der Waals surface area (Å²) in [6.07, 6.45) is 3.95. The summed E-state index contributed by atoms with van der Waals surface area (Å²) in [5.41, 5.74) is 13.5. The molecule has 2 nitrogen and oxygen atoms in total. The van der Waals surface area contributed by atoms with Gasteiger partial charge in [-0.3, -0.25) is 0 Å². The molecule has 0 heterocycles. The summed E-state index contributed by atoms with van der Waals surface area (Å²) in [6, 6.07) is 5.60. The van der Waals surface area contributed by atoms with Gasteiger partial charge in [-0.15, -0.1) is 0 Å². The Bertz CT molecular complexity index is 277. The molecule has 0 unspecified atom stereocenters. The van der Waals surface area contributed by atoms with Crippen LogP contribution >= 0.6 is 0 Å². The predicted octanol–water partition coefficient (Wildman–Crippen LogP) is 1.88. The van der Waals surface area contributed by atoms with E-state index in [0.717, 1.165) is 5.56 Å². The fraction of sp³-hybridized carbons (Fsp3) is 0.111. The predicted molar refractivity (Wildman–Crippen MR) is 50.0 cm³/mol. The summed E-state index contributed by atoms with van der Waals surface area (Å²) in [7, 11) is 0. The van der Waals surface area contributed by atoms with Crippen molar-refractivity contribution in [1.29, 1.82) is 0 Å². The summed E-state index contributed by atoms with van der Waals surface area (Å²) in [4.78, 5) is 0. The van der Waals surface area contributed by atoms with Crippen LogP contribution in [0.5, 0.6) is 0 Å². The Morgan fingerprint density at radius 2 is 1.91 bits per heavy atom. The number of nitrogen functional groups attached to an aromatic ring is 2. The molecule has 58 valence electrons. The third kappa shape index (κ3) is 1.74. The average Bonchev–Trinajstić information content (AvgIpc) is 1.98. The monoisotopic (exact) mass is 148 g/mol. The minimum Gasteiger partial charge on any atom is -0.397 e. The number of anilines is 2. The highest BCUT2D eigenvalue weighted by atomic mass is 14.7. The van der Waals surface area contributed by atoms with Crippen LogP contribution in [0.3, 0.4) is 0 Å².